The Morgan fingerprint density at radius 3 is 2.76 bits per heavy atom. The number of nitrogens with one attached hydrogen (secondary N) is 1. The van der Waals surface area contributed by atoms with Gasteiger partial charge in [0.2, 0.25) is 0 Å². The molecule has 1 unspecified atom stereocenters. The zero-order valence-corrected chi connectivity index (χ0v) is 11.8. The lowest BCUT2D eigenvalue weighted by Crippen LogP contribution is -2.38. The molecule has 1 nitrogen and oxygen atoms in total. The van der Waals surface area contributed by atoms with Gasteiger partial charge in [-0.1, -0.05) is 44.4 Å². The molecule has 0 heterocycles. The van der Waals surface area contributed by atoms with E-state index < -0.39 is 0 Å². The van der Waals surface area contributed by atoms with E-state index in [9.17, 15) is 0 Å². The minimum absolute atomic E-state index is 0.366. The SMILES string of the molecule is Cc1ccc(Cl)c(NC2CCCCC2(C)C)c1. The van der Waals surface area contributed by atoms with E-state index in [4.69, 9.17) is 11.6 Å². The molecular weight excluding hydrogens is 230 g/mol. The molecule has 0 aromatic heterocycles. The second kappa shape index (κ2) is 4.89. The van der Waals surface area contributed by atoms with Crippen LogP contribution < -0.4 is 5.32 Å². The van der Waals surface area contributed by atoms with E-state index >= 15 is 0 Å². The maximum absolute atomic E-state index is 6.25. The second-order valence-electron chi connectivity index (χ2n) is 5.91. The highest BCUT2D eigenvalue weighted by atomic mass is 35.5. The van der Waals surface area contributed by atoms with Crippen molar-refractivity contribution in [2.45, 2.75) is 52.5 Å². The van der Waals surface area contributed by atoms with E-state index in [1.54, 1.807) is 0 Å². The van der Waals surface area contributed by atoms with Gasteiger partial charge in [0.15, 0.2) is 0 Å². The Bertz CT molecular complexity index is 398. The Morgan fingerprint density at radius 1 is 1.29 bits per heavy atom. The lowest BCUT2D eigenvalue weighted by molar-refractivity contribution is 0.217. The lowest BCUT2D eigenvalue weighted by Gasteiger charge is -2.39. The van der Waals surface area contributed by atoms with Crippen molar-refractivity contribution < 1.29 is 0 Å². The van der Waals surface area contributed by atoms with Crippen LogP contribution in [0.15, 0.2) is 18.2 Å². The molecule has 17 heavy (non-hydrogen) atoms. The van der Waals surface area contributed by atoms with Gasteiger partial charge in [0.1, 0.15) is 0 Å². The van der Waals surface area contributed by atoms with Gasteiger partial charge in [0.25, 0.3) is 0 Å². The molecule has 0 bridgehead atoms. The summed E-state index contributed by atoms with van der Waals surface area (Å²) in [6.07, 6.45) is 5.22. The summed E-state index contributed by atoms with van der Waals surface area (Å²) in [4.78, 5) is 0. The van der Waals surface area contributed by atoms with Crippen LogP contribution in [0.2, 0.25) is 5.02 Å². The van der Waals surface area contributed by atoms with Crippen molar-refractivity contribution in [2.75, 3.05) is 5.32 Å². The molecule has 94 valence electrons. The van der Waals surface area contributed by atoms with Crippen LogP contribution >= 0.6 is 11.6 Å². The quantitative estimate of drug-likeness (QED) is 0.778. The Labute approximate surface area is 110 Å². The third-order valence-electron chi connectivity index (χ3n) is 3.96. The molecule has 0 radical (unpaired) electrons. The number of aryl methyl sites for hydroxylation is 1. The van der Waals surface area contributed by atoms with Crippen LogP contribution in [0.25, 0.3) is 0 Å². The first-order valence-electron chi connectivity index (χ1n) is 6.52. The second-order valence-corrected chi connectivity index (χ2v) is 6.32. The molecule has 1 aliphatic carbocycles. The van der Waals surface area contributed by atoms with E-state index in [2.05, 4.69) is 38.2 Å². The van der Waals surface area contributed by atoms with Crippen LogP contribution in [0.5, 0.6) is 0 Å². The molecule has 1 aliphatic rings. The summed E-state index contributed by atoms with van der Waals surface area (Å²) in [6.45, 7) is 6.81. The van der Waals surface area contributed by atoms with E-state index in [0.717, 1.165) is 10.7 Å². The van der Waals surface area contributed by atoms with Crippen LogP contribution in [0.1, 0.15) is 45.1 Å². The van der Waals surface area contributed by atoms with Gasteiger partial charge < -0.3 is 5.32 Å². The third kappa shape index (κ3) is 2.95. The van der Waals surface area contributed by atoms with E-state index in [1.807, 2.05) is 6.07 Å². The molecule has 2 heteroatoms. The van der Waals surface area contributed by atoms with Gasteiger partial charge in [-0.25, -0.2) is 0 Å². The normalized spacial score (nSPS) is 23.4. The highest BCUT2D eigenvalue weighted by Crippen LogP contribution is 2.38. The third-order valence-corrected chi connectivity index (χ3v) is 4.29. The van der Waals surface area contributed by atoms with Crippen LogP contribution in [0.4, 0.5) is 5.69 Å². The Kier molecular flexibility index (Phi) is 3.67. The van der Waals surface area contributed by atoms with E-state index in [0.29, 0.717) is 11.5 Å². The highest BCUT2D eigenvalue weighted by Gasteiger charge is 2.32. The molecule has 1 aromatic carbocycles. The first kappa shape index (κ1) is 12.8. The van der Waals surface area contributed by atoms with E-state index in [1.165, 1.54) is 31.2 Å². The fourth-order valence-corrected chi connectivity index (χ4v) is 2.87. The average Bonchev–Trinajstić information content (AvgIpc) is 2.26. The Balaban J connectivity index is 2.16. The molecule has 0 spiro atoms. The summed E-state index contributed by atoms with van der Waals surface area (Å²) in [5.41, 5.74) is 2.71. The predicted molar refractivity (Wildman–Crippen MR) is 75.8 cm³/mol. The number of benzene rings is 1. The van der Waals surface area contributed by atoms with Crippen molar-refractivity contribution in [2.24, 2.45) is 5.41 Å². The minimum Gasteiger partial charge on any atom is -0.381 e. The number of hydrogen-bond acceptors (Lipinski definition) is 1. The molecule has 2 rings (SSSR count). The number of anilines is 1. The zero-order chi connectivity index (χ0) is 12.5. The van der Waals surface area contributed by atoms with Gasteiger partial charge in [-0.15, -0.1) is 0 Å². The van der Waals surface area contributed by atoms with Crippen LogP contribution in [0.3, 0.4) is 0 Å². The van der Waals surface area contributed by atoms with Gasteiger partial charge in [0, 0.05) is 6.04 Å². The summed E-state index contributed by atoms with van der Waals surface area (Å²) >= 11 is 6.25. The monoisotopic (exact) mass is 251 g/mol. The molecule has 1 atom stereocenters. The summed E-state index contributed by atoms with van der Waals surface area (Å²) in [5, 5.41) is 4.48. The molecule has 1 N–H and O–H groups in total. The molecule has 0 amide bonds. The first-order chi connectivity index (χ1) is 7.99. The highest BCUT2D eigenvalue weighted by molar-refractivity contribution is 6.33. The smallest absolute Gasteiger partial charge is 0.0637 e. The Morgan fingerprint density at radius 2 is 2.06 bits per heavy atom. The number of rotatable bonds is 2. The average molecular weight is 252 g/mol. The largest absolute Gasteiger partial charge is 0.381 e. The van der Waals surface area contributed by atoms with Gasteiger partial charge >= 0.3 is 0 Å². The Hall–Kier alpha value is -0.690. The van der Waals surface area contributed by atoms with Crippen LogP contribution in [-0.2, 0) is 0 Å². The topological polar surface area (TPSA) is 12.0 Å². The fraction of sp³-hybridized carbons (Fsp3) is 0.600. The van der Waals surface area contributed by atoms with Crippen molar-refractivity contribution in [1.29, 1.82) is 0 Å². The fourth-order valence-electron chi connectivity index (χ4n) is 2.70. The summed E-state index contributed by atoms with van der Waals surface area (Å²) < 4.78 is 0. The number of hydrogen-bond donors (Lipinski definition) is 1. The van der Waals surface area contributed by atoms with Crippen molar-refractivity contribution >= 4 is 17.3 Å². The summed E-state index contributed by atoms with van der Waals surface area (Å²) in [5.74, 6) is 0. The summed E-state index contributed by atoms with van der Waals surface area (Å²) in [6, 6.07) is 6.72. The first-order valence-corrected chi connectivity index (χ1v) is 6.89. The molecular formula is C15H22ClN. The van der Waals surface area contributed by atoms with Crippen LogP contribution in [-0.4, -0.2) is 6.04 Å². The van der Waals surface area contributed by atoms with Gasteiger partial charge in [-0.05, 0) is 42.9 Å². The maximum atomic E-state index is 6.25. The van der Waals surface area contributed by atoms with Crippen molar-refractivity contribution in [3.05, 3.63) is 28.8 Å². The summed E-state index contributed by atoms with van der Waals surface area (Å²) in [7, 11) is 0. The van der Waals surface area contributed by atoms with Gasteiger partial charge in [-0.3, -0.25) is 0 Å². The molecule has 0 aliphatic heterocycles. The lowest BCUT2D eigenvalue weighted by atomic mass is 9.73. The minimum atomic E-state index is 0.366. The van der Waals surface area contributed by atoms with Crippen molar-refractivity contribution in [3.63, 3.8) is 0 Å². The van der Waals surface area contributed by atoms with Gasteiger partial charge in [-0.2, -0.15) is 0 Å². The zero-order valence-electron chi connectivity index (χ0n) is 11.0. The molecule has 1 fully saturated rings. The van der Waals surface area contributed by atoms with Gasteiger partial charge in [0.05, 0.1) is 10.7 Å². The maximum Gasteiger partial charge on any atom is 0.0637 e. The van der Waals surface area contributed by atoms with Crippen LogP contribution in [0, 0.1) is 12.3 Å². The standard InChI is InChI=1S/C15H22ClN/c1-11-7-8-12(16)13(10-11)17-14-6-4-5-9-15(14,2)3/h7-8,10,14,17H,4-6,9H2,1-3H3. The number of halogens is 1. The predicted octanol–water partition coefficient (Wildman–Crippen LogP) is 5.03. The van der Waals surface area contributed by atoms with Crippen molar-refractivity contribution in [1.82, 2.24) is 0 Å². The van der Waals surface area contributed by atoms with E-state index in [-0.39, 0.29) is 0 Å². The van der Waals surface area contributed by atoms with Crippen molar-refractivity contribution in [3.8, 4) is 0 Å². The molecule has 0 saturated heterocycles. The molecule has 1 saturated carbocycles. The molecule has 1 aromatic rings.